The van der Waals surface area contributed by atoms with Crippen molar-refractivity contribution < 1.29 is 14.3 Å². The predicted molar refractivity (Wildman–Crippen MR) is 85.7 cm³/mol. The van der Waals surface area contributed by atoms with Crippen LogP contribution in [0.3, 0.4) is 0 Å². The summed E-state index contributed by atoms with van der Waals surface area (Å²) in [5.74, 6) is 1.23. The number of carbonyl (C=O) groups excluding carboxylic acids is 2. The fourth-order valence-electron chi connectivity index (χ4n) is 3.11. The summed E-state index contributed by atoms with van der Waals surface area (Å²) in [7, 11) is 0. The summed E-state index contributed by atoms with van der Waals surface area (Å²) >= 11 is 0. The summed E-state index contributed by atoms with van der Waals surface area (Å²) in [6.07, 6.45) is 3.45. The standard InChI is InChI=1S/C18H21NO3/c1-3-16(21)18-13(6-4-5-11(2)20)14-10-17-12(7-8-22-17)9-15(14)19-18/h9-10,19H,3-8H2,1-2H3. The molecule has 0 atom stereocenters. The lowest BCUT2D eigenvalue weighted by molar-refractivity contribution is -0.117. The third kappa shape index (κ3) is 2.65. The summed E-state index contributed by atoms with van der Waals surface area (Å²) in [5.41, 5.74) is 3.92. The molecule has 1 aliphatic rings. The number of aryl methyl sites for hydroxylation is 1. The summed E-state index contributed by atoms with van der Waals surface area (Å²) in [4.78, 5) is 26.7. The van der Waals surface area contributed by atoms with Gasteiger partial charge in [-0.05, 0) is 43.0 Å². The van der Waals surface area contributed by atoms with Gasteiger partial charge in [0.05, 0.1) is 12.3 Å². The van der Waals surface area contributed by atoms with Crippen LogP contribution in [0.25, 0.3) is 10.9 Å². The molecule has 1 aromatic heterocycles. The molecule has 0 spiro atoms. The second kappa shape index (κ2) is 5.95. The number of Topliss-reactive ketones (excluding diaryl/α,β-unsaturated/α-hetero) is 2. The van der Waals surface area contributed by atoms with Crippen LogP contribution in [0.4, 0.5) is 0 Å². The average Bonchev–Trinajstić information content (AvgIpc) is 3.08. The van der Waals surface area contributed by atoms with Gasteiger partial charge >= 0.3 is 0 Å². The van der Waals surface area contributed by atoms with Gasteiger partial charge < -0.3 is 14.5 Å². The Morgan fingerprint density at radius 3 is 2.86 bits per heavy atom. The molecule has 0 aliphatic carbocycles. The molecule has 0 saturated heterocycles. The van der Waals surface area contributed by atoms with Gasteiger partial charge in [-0.3, -0.25) is 4.79 Å². The zero-order valence-corrected chi connectivity index (χ0v) is 13.1. The summed E-state index contributed by atoms with van der Waals surface area (Å²) < 4.78 is 5.65. The van der Waals surface area contributed by atoms with Gasteiger partial charge in [-0.2, -0.15) is 0 Å². The minimum absolute atomic E-state index is 0.120. The number of ketones is 2. The Morgan fingerprint density at radius 2 is 2.14 bits per heavy atom. The second-order valence-electron chi connectivity index (χ2n) is 5.91. The minimum Gasteiger partial charge on any atom is -0.493 e. The number of rotatable bonds is 6. The maximum Gasteiger partial charge on any atom is 0.179 e. The van der Waals surface area contributed by atoms with E-state index in [4.69, 9.17) is 4.74 Å². The van der Waals surface area contributed by atoms with Crippen molar-refractivity contribution in [1.29, 1.82) is 0 Å². The lowest BCUT2D eigenvalue weighted by Crippen LogP contribution is -2.02. The van der Waals surface area contributed by atoms with Crippen molar-refractivity contribution in [1.82, 2.24) is 4.98 Å². The topological polar surface area (TPSA) is 59.2 Å². The highest BCUT2D eigenvalue weighted by Gasteiger charge is 2.20. The molecule has 4 nitrogen and oxygen atoms in total. The molecule has 116 valence electrons. The van der Waals surface area contributed by atoms with Crippen LogP contribution >= 0.6 is 0 Å². The summed E-state index contributed by atoms with van der Waals surface area (Å²) in [6, 6.07) is 4.14. The fraction of sp³-hybridized carbons (Fsp3) is 0.444. The van der Waals surface area contributed by atoms with Crippen LogP contribution in [-0.4, -0.2) is 23.2 Å². The van der Waals surface area contributed by atoms with Crippen LogP contribution in [0, 0.1) is 0 Å². The van der Waals surface area contributed by atoms with Crippen LogP contribution in [0.15, 0.2) is 12.1 Å². The van der Waals surface area contributed by atoms with Gasteiger partial charge in [0.15, 0.2) is 5.78 Å². The van der Waals surface area contributed by atoms with Crippen molar-refractivity contribution in [3.8, 4) is 5.75 Å². The Kier molecular flexibility index (Phi) is 4.01. The second-order valence-corrected chi connectivity index (χ2v) is 5.91. The normalized spacial score (nSPS) is 13.2. The Labute approximate surface area is 129 Å². The zero-order valence-electron chi connectivity index (χ0n) is 13.1. The van der Waals surface area contributed by atoms with E-state index in [0.717, 1.165) is 48.1 Å². The van der Waals surface area contributed by atoms with Gasteiger partial charge in [0, 0.05) is 30.2 Å². The van der Waals surface area contributed by atoms with Crippen LogP contribution in [0.2, 0.25) is 0 Å². The number of hydrogen-bond donors (Lipinski definition) is 1. The molecule has 1 aromatic carbocycles. The molecule has 1 aliphatic heterocycles. The van der Waals surface area contributed by atoms with E-state index in [0.29, 0.717) is 18.5 Å². The van der Waals surface area contributed by atoms with Gasteiger partial charge in [0.25, 0.3) is 0 Å². The van der Waals surface area contributed by atoms with E-state index in [2.05, 4.69) is 11.1 Å². The third-order valence-electron chi connectivity index (χ3n) is 4.27. The predicted octanol–water partition coefficient (Wildman–Crippen LogP) is 3.61. The van der Waals surface area contributed by atoms with Gasteiger partial charge in [0.1, 0.15) is 11.5 Å². The van der Waals surface area contributed by atoms with Crippen molar-refractivity contribution >= 4 is 22.5 Å². The highest BCUT2D eigenvalue weighted by Crippen LogP contribution is 2.34. The molecule has 3 rings (SSSR count). The number of fused-ring (bicyclic) bond motifs is 2. The molecule has 22 heavy (non-hydrogen) atoms. The van der Waals surface area contributed by atoms with Gasteiger partial charge in [-0.15, -0.1) is 0 Å². The van der Waals surface area contributed by atoms with E-state index in [9.17, 15) is 9.59 Å². The molecular weight excluding hydrogens is 278 g/mol. The molecule has 0 bridgehead atoms. The number of benzene rings is 1. The van der Waals surface area contributed by atoms with Crippen molar-refractivity contribution in [3.05, 3.63) is 29.0 Å². The summed E-state index contributed by atoms with van der Waals surface area (Å²) in [6.45, 7) is 4.20. The molecule has 2 heterocycles. The molecule has 0 amide bonds. The minimum atomic E-state index is 0.120. The Morgan fingerprint density at radius 1 is 1.32 bits per heavy atom. The molecule has 0 saturated carbocycles. The Hall–Kier alpha value is -2.10. The van der Waals surface area contributed by atoms with Crippen LogP contribution in [0.1, 0.15) is 54.7 Å². The van der Waals surface area contributed by atoms with E-state index in [1.807, 2.05) is 13.0 Å². The van der Waals surface area contributed by atoms with Crippen molar-refractivity contribution in [2.45, 2.75) is 46.0 Å². The zero-order chi connectivity index (χ0) is 15.7. The van der Waals surface area contributed by atoms with Crippen LogP contribution < -0.4 is 4.74 Å². The number of ether oxygens (including phenoxy) is 1. The maximum atomic E-state index is 12.2. The summed E-state index contributed by atoms with van der Waals surface area (Å²) in [5, 5.41) is 1.06. The Balaban J connectivity index is 2.04. The number of aromatic amines is 1. The number of aromatic nitrogens is 1. The SMILES string of the molecule is CCC(=O)c1[nH]c2cc3c(cc2c1CCCC(C)=O)OCC3. The maximum absolute atomic E-state index is 12.2. The van der Waals surface area contributed by atoms with Crippen molar-refractivity contribution in [2.24, 2.45) is 0 Å². The largest absolute Gasteiger partial charge is 0.493 e. The molecule has 2 aromatic rings. The molecule has 4 heteroatoms. The van der Waals surface area contributed by atoms with E-state index < -0.39 is 0 Å². The van der Waals surface area contributed by atoms with Gasteiger partial charge in [-0.1, -0.05) is 6.92 Å². The molecule has 1 N–H and O–H groups in total. The Bertz CT molecular complexity index is 742. The number of hydrogen-bond acceptors (Lipinski definition) is 3. The van der Waals surface area contributed by atoms with Gasteiger partial charge in [0.2, 0.25) is 0 Å². The van der Waals surface area contributed by atoms with E-state index >= 15 is 0 Å². The van der Waals surface area contributed by atoms with Crippen molar-refractivity contribution in [2.75, 3.05) is 6.61 Å². The van der Waals surface area contributed by atoms with Gasteiger partial charge in [-0.25, -0.2) is 0 Å². The fourth-order valence-corrected chi connectivity index (χ4v) is 3.11. The van der Waals surface area contributed by atoms with Crippen molar-refractivity contribution in [3.63, 3.8) is 0 Å². The number of nitrogens with one attached hydrogen (secondary N) is 1. The molecular formula is C18H21NO3. The molecule has 0 unspecified atom stereocenters. The first-order valence-corrected chi connectivity index (χ1v) is 7.93. The average molecular weight is 299 g/mol. The van der Waals surface area contributed by atoms with E-state index in [-0.39, 0.29) is 11.6 Å². The molecule has 0 fully saturated rings. The highest BCUT2D eigenvalue weighted by molar-refractivity contribution is 6.02. The first kappa shape index (κ1) is 14.8. The first-order valence-electron chi connectivity index (χ1n) is 7.93. The van der Waals surface area contributed by atoms with E-state index in [1.165, 1.54) is 5.56 Å². The highest BCUT2D eigenvalue weighted by atomic mass is 16.5. The quantitative estimate of drug-likeness (QED) is 0.829. The lowest BCUT2D eigenvalue weighted by atomic mass is 10.00. The van der Waals surface area contributed by atoms with Crippen LogP contribution in [-0.2, 0) is 17.6 Å². The molecule has 0 radical (unpaired) electrons. The lowest BCUT2D eigenvalue weighted by Gasteiger charge is -2.04. The monoisotopic (exact) mass is 299 g/mol. The van der Waals surface area contributed by atoms with E-state index in [1.54, 1.807) is 6.92 Å². The van der Waals surface area contributed by atoms with Crippen LogP contribution in [0.5, 0.6) is 5.75 Å². The smallest absolute Gasteiger partial charge is 0.179 e. The number of H-pyrrole nitrogens is 1. The first-order chi connectivity index (χ1) is 10.6. The third-order valence-corrected chi connectivity index (χ3v) is 4.27. The number of carbonyl (C=O) groups is 2.